The molecule has 9 aromatic rings. The molecule has 11 rings (SSSR count). The van der Waals surface area contributed by atoms with Crippen LogP contribution in [0.3, 0.4) is 0 Å². The summed E-state index contributed by atoms with van der Waals surface area (Å²) in [7, 11) is -1.83. The summed E-state index contributed by atoms with van der Waals surface area (Å²) in [6, 6.07) is 55.8. The fourth-order valence-electron chi connectivity index (χ4n) is 11.2. The fraction of sp³-hybridized carbons (Fsp3) is 0.241. The van der Waals surface area contributed by atoms with Gasteiger partial charge >= 0.3 is 11.5 Å². The molecule has 2 aliphatic rings. The van der Waals surface area contributed by atoms with E-state index in [9.17, 15) is 0 Å². The molecule has 306 valence electrons. The molecule has 0 bridgehead atoms. The summed E-state index contributed by atoms with van der Waals surface area (Å²) in [6.07, 6.45) is 3.70. The zero-order valence-corrected chi connectivity index (χ0v) is 38.7. The quantitative estimate of drug-likeness (QED) is 0.0863. The molecule has 0 fully saturated rings. The molecule has 0 N–H and O–H groups in total. The lowest BCUT2D eigenvalue weighted by Gasteiger charge is -2.25. The maximum absolute atomic E-state index is 2.76. The summed E-state index contributed by atoms with van der Waals surface area (Å²) < 4.78 is 8.17. The normalized spacial score (nSPS) is 15.4. The van der Waals surface area contributed by atoms with Crippen molar-refractivity contribution in [3.8, 4) is 39.5 Å². The second-order valence-corrected chi connectivity index (χ2v) is 25.1. The van der Waals surface area contributed by atoms with Crippen molar-refractivity contribution in [1.29, 1.82) is 0 Å². The van der Waals surface area contributed by atoms with E-state index in [0.29, 0.717) is 5.92 Å². The van der Waals surface area contributed by atoms with Crippen LogP contribution in [-0.4, -0.2) is 12.6 Å². The Hall–Kier alpha value is -6.10. The maximum Gasteiger partial charge on any atom is 0.364 e. The van der Waals surface area contributed by atoms with E-state index < -0.39 is 13.7 Å². The van der Waals surface area contributed by atoms with Crippen molar-refractivity contribution in [3.05, 3.63) is 180 Å². The second kappa shape index (κ2) is 14.0. The minimum absolute atomic E-state index is 0.284. The van der Waals surface area contributed by atoms with Crippen molar-refractivity contribution >= 4 is 45.8 Å². The summed E-state index contributed by atoms with van der Waals surface area (Å²) in [6.45, 7) is 21.8. The highest BCUT2D eigenvalue weighted by molar-refractivity contribution is 6.89. The number of para-hydroxylation sites is 2. The van der Waals surface area contributed by atoms with Crippen LogP contribution in [0.15, 0.2) is 152 Å². The zero-order chi connectivity index (χ0) is 42.8. The molecular formula is C58H57N3Si+2. The molecule has 7 aromatic carbocycles. The summed E-state index contributed by atoms with van der Waals surface area (Å²) >= 11 is 0. The molecule has 0 saturated heterocycles. The van der Waals surface area contributed by atoms with Crippen LogP contribution in [0.2, 0.25) is 19.6 Å². The van der Waals surface area contributed by atoms with Gasteiger partial charge in [-0.3, -0.25) is 0 Å². The van der Waals surface area contributed by atoms with Crippen LogP contribution in [0, 0.1) is 5.92 Å². The third-order valence-electron chi connectivity index (χ3n) is 13.9. The highest BCUT2D eigenvalue weighted by atomic mass is 28.3. The monoisotopic (exact) mass is 823 g/mol. The predicted molar refractivity (Wildman–Crippen MR) is 263 cm³/mol. The van der Waals surface area contributed by atoms with Gasteiger partial charge in [0.25, 0.3) is 0 Å². The first-order valence-electron chi connectivity index (χ1n) is 22.8. The van der Waals surface area contributed by atoms with Gasteiger partial charge in [-0.25, -0.2) is 0 Å². The van der Waals surface area contributed by atoms with Gasteiger partial charge in [0.05, 0.1) is 30.3 Å². The van der Waals surface area contributed by atoms with Crippen molar-refractivity contribution in [2.45, 2.75) is 85.1 Å². The Labute approximate surface area is 368 Å². The van der Waals surface area contributed by atoms with Crippen LogP contribution >= 0.6 is 0 Å². The minimum Gasteiger partial charge on any atom is -0.187 e. The molecule has 4 heterocycles. The molecule has 1 spiro atoms. The zero-order valence-electron chi connectivity index (χ0n) is 37.7. The van der Waals surface area contributed by atoms with Crippen molar-refractivity contribution < 1.29 is 9.13 Å². The number of benzene rings is 7. The largest absolute Gasteiger partial charge is 0.364 e. The van der Waals surface area contributed by atoms with Crippen LogP contribution in [0.4, 0.5) is 0 Å². The standard InChI is InChI=1S/C58H57N3Si/c1-36(2)29-43-33-54-45-23-15-16-24-50(45)58(59(54)35-55(43)62(7,8)9)51-34-48-41(28-27-40-21-13-14-22-44(40)48)30-49(51)57-60(52-25-17-18-26-53(52)61(57)58)56-46(37(3)4)31-42(32-47(56)38(5)6)39-19-11-10-12-20-39/h10-28,30-38H,29H2,1-9H3/q+2. The Morgan fingerprint density at radius 1 is 0.581 bits per heavy atom. The van der Waals surface area contributed by atoms with Gasteiger partial charge in [0.15, 0.2) is 17.2 Å². The van der Waals surface area contributed by atoms with Gasteiger partial charge in [-0.2, -0.15) is 4.57 Å². The van der Waals surface area contributed by atoms with E-state index in [1.807, 2.05) is 0 Å². The first-order valence-corrected chi connectivity index (χ1v) is 26.3. The summed E-state index contributed by atoms with van der Waals surface area (Å²) in [4.78, 5) is 0. The molecule has 0 amide bonds. The molecule has 1 unspecified atom stereocenters. The van der Waals surface area contributed by atoms with Crippen molar-refractivity contribution in [2.24, 2.45) is 5.92 Å². The van der Waals surface area contributed by atoms with Crippen molar-refractivity contribution in [1.82, 2.24) is 4.57 Å². The summed E-state index contributed by atoms with van der Waals surface area (Å²) in [5.41, 5.74) is 16.5. The van der Waals surface area contributed by atoms with Crippen LogP contribution in [0.5, 0.6) is 0 Å². The maximum atomic E-state index is 2.76. The van der Waals surface area contributed by atoms with Gasteiger partial charge in [0.1, 0.15) is 5.69 Å². The molecule has 3 nitrogen and oxygen atoms in total. The van der Waals surface area contributed by atoms with E-state index in [-0.39, 0.29) is 11.8 Å². The van der Waals surface area contributed by atoms with Crippen LogP contribution < -0.4 is 14.3 Å². The number of fused-ring (bicyclic) bond motifs is 15. The Morgan fingerprint density at radius 2 is 1.24 bits per heavy atom. The number of pyridine rings is 1. The first kappa shape index (κ1) is 38.8. The van der Waals surface area contributed by atoms with Crippen molar-refractivity contribution in [3.63, 3.8) is 0 Å². The molecule has 2 aliphatic heterocycles. The SMILES string of the molecule is CC(C)Cc1cc2[n+](cc1[Si](C)(C)C)C1(c3ccccc3-2)c2cc3c(ccc4ccccc43)cc2-c2n(-c3c(C(C)C)cc(-c4ccccc4)cc3C(C)C)c3ccccc3[n+]21. The molecular weight excluding hydrogens is 767 g/mol. The van der Waals surface area contributed by atoms with E-state index in [2.05, 4.69) is 227 Å². The molecule has 0 radical (unpaired) electrons. The third kappa shape index (κ3) is 5.48. The molecule has 0 aliphatic carbocycles. The van der Waals surface area contributed by atoms with Gasteiger partial charge < -0.3 is 0 Å². The lowest BCUT2D eigenvalue weighted by Crippen LogP contribution is -2.72. The fourth-order valence-corrected chi connectivity index (χ4v) is 12.9. The van der Waals surface area contributed by atoms with E-state index >= 15 is 0 Å². The van der Waals surface area contributed by atoms with Gasteiger partial charge in [0.2, 0.25) is 5.69 Å². The Balaban J connectivity index is 1.36. The average Bonchev–Trinajstić information content (AvgIpc) is 3.85. The van der Waals surface area contributed by atoms with Gasteiger partial charge in [-0.1, -0.05) is 152 Å². The molecule has 0 saturated carbocycles. The van der Waals surface area contributed by atoms with Crippen LogP contribution in [0.25, 0.3) is 72.0 Å². The minimum atomic E-state index is -1.83. The second-order valence-electron chi connectivity index (χ2n) is 20.1. The smallest absolute Gasteiger partial charge is 0.187 e. The molecule has 4 heteroatoms. The number of aromatic nitrogens is 3. The Kier molecular flexibility index (Phi) is 8.73. The van der Waals surface area contributed by atoms with Crippen LogP contribution in [0.1, 0.15) is 81.2 Å². The highest BCUT2D eigenvalue weighted by Gasteiger charge is 2.66. The number of imidazole rings is 1. The number of hydrogen-bond acceptors (Lipinski definition) is 0. The first-order chi connectivity index (χ1) is 29.9. The van der Waals surface area contributed by atoms with E-state index in [1.54, 1.807) is 5.19 Å². The lowest BCUT2D eigenvalue weighted by molar-refractivity contribution is -0.944. The van der Waals surface area contributed by atoms with Gasteiger partial charge in [0, 0.05) is 22.4 Å². The van der Waals surface area contributed by atoms with Crippen LogP contribution in [-0.2, 0) is 12.1 Å². The summed E-state index contributed by atoms with van der Waals surface area (Å²) in [5, 5.41) is 6.68. The number of hydrogen-bond donors (Lipinski definition) is 0. The predicted octanol–water partition coefficient (Wildman–Crippen LogP) is 13.4. The van der Waals surface area contributed by atoms with E-state index in [1.165, 1.54) is 99.9 Å². The summed E-state index contributed by atoms with van der Waals surface area (Å²) in [5.74, 6) is 2.37. The lowest BCUT2D eigenvalue weighted by atomic mass is 9.86. The van der Waals surface area contributed by atoms with Gasteiger partial charge in [-0.05, 0) is 111 Å². The molecule has 62 heavy (non-hydrogen) atoms. The van der Waals surface area contributed by atoms with Crippen molar-refractivity contribution in [2.75, 3.05) is 0 Å². The van der Waals surface area contributed by atoms with E-state index in [0.717, 1.165) is 6.42 Å². The Morgan fingerprint density at radius 3 is 1.97 bits per heavy atom. The number of rotatable bonds is 7. The third-order valence-corrected chi connectivity index (χ3v) is 16.0. The molecule has 2 aromatic heterocycles. The van der Waals surface area contributed by atoms with Gasteiger partial charge in [-0.15, -0.1) is 9.13 Å². The average molecular weight is 824 g/mol. The highest BCUT2D eigenvalue weighted by Crippen LogP contribution is 2.52. The van der Waals surface area contributed by atoms with E-state index in [4.69, 9.17) is 0 Å². The number of nitrogens with zero attached hydrogens (tertiary/aromatic N) is 3. The molecule has 1 atom stereocenters. The topological polar surface area (TPSA) is 12.7 Å². The Bertz CT molecular complexity index is 3260.